The normalized spacial score (nSPS) is 13.7. The van der Waals surface area contributed by atoms with Crippen LogP contribution in [0, 0.1) is 0 Å². The average Bonchev–Trinajstić information content (AvgIpc) is 3.35. The number of aromatic nitrogens is 2. The molecule has 0 bridgehead atoms. The van der Waals surface area contributed by atoms with Gasteiger partial charge in [0.25, 0.3) is 5.89 Å². The summed E-state index contributed by atoms with van der Waals surface area (Å²) in [6.45, 7) is 0.863. The summed E-state index contributed by atoms with van der Waals surface area (Å²) in [7, 11) is 1.42. The van der Waals surface area contributed by atoms with E-state index in [0.29, 0.717) is 18.2 Å². The lowest BCUT2D eigenvalue weighted by Crippen LogP contribution is -2.03. The summed E-state index contributed by atoms with van der Waals surface area (Å²) >= 11 is 0. The van der Waals surface area contributed by atoms with Gasteiger partial charge in [0.05, 0.1) is 7.11 Å². The molecule has 2 aromatic rings. The number of unbranched alkanes of at least 4 members (excludes halogenated alkanes) is 2. The summed E-state index contributed by atoms with van der Waals surface area (Å²) in [4.78, 5) is 15.5. The number of carbonyl (C=O) groups is 1. The molecule has 1 aromatic heterocycles. The van der Waals surface area contributed by atoms with Crippen molar-refractivity contribution in [2.75, 3.05) is 19.0 Å². The van der Waals surface area contributed by atoms with Gasteiger partial charge in [0.1, 0.15) is 0 Å². The molecule has 128 valence electrons. The fourth-order valence-electron chi connectivity index (χ4n) is 2.53. The second-order valence-electron chi connectivity index (χ2n) is 6.13. The van der Waals surface area contributed by atoms with Crippen molar-refractivity contribution in [2.45, 2.75) is 44.4 Å². The molecular weight excluding hydrogens is 306 g/mol. The van der Waals surface area contributed by atoms with Crippen LogP contribution in [0.4, 0.5) is 5.69 Å². The predicted molar refractivity (Wildman–Crippen MR) is 90.7 cm³/mol. The van der Waals surface area contributed by atoms with Gasteiger partial charge in [-0.1, -0.05) is 17.6 Å². The van der Waals surface area contributed by atoms with Crippen molar-refractivity contribution in [1.29, 1.82) is 0 Å². The Morgan fingerprint density at radius 3 is 3.00 bits per heavy atom. The molecule has 1 aliphatic rings. The number of rotatable bonds is 9. The molecule has 0 spiro atoms. The standard InChI is InChI=1S/C18H23N3O3/c1-23-16(22)8-3-2-4-11-19-15-7-5-6-14(12-15)18-20-17(21-24-18)13-9-10-13/h5-7,12-13,19H,2-4,8-11H2,1H3. The Labute approximate surface area is 141 Å². The molecule has 0 saturated heterocycles. The molecule has 1 aliphatic carbocycles. The highest BCUT2D eigenvalue weighted by Gasteiger charge is 2.28. The van der Waals surface area contributed by atoms with Crippen molar-refractivity contribution >= 4 is 11.7 Å². The lowest BCUT2D eigenvalue weighted by Gasteiger charge is -2.07. The third-order valence-corrected chi connectivity index (χ3v) is 4.11. The zero-order valence-corrected chi connectivity index (χ0v) is 14.0. The number of benzene rings is 1. The Morgan fingerprint density at radius 2 is 2.21 bits per heavy atom. The predicted octanol–water partition coefficient (Wildman–Crippen LogP) is 3.76. The Kier molecular flexibility index (Phi) is 5.46. The van der Waals surface area contributed by atoms with E-state index in [2.05, 4.69) is 20.2 Å². The molecule has 0 aliphatic heterocycles. The molecule has 1 aromatic carbocycles. The maximum Gasteiger partial charge on any atom is 0.305 e. The molecule has 0 atom stereocenters. The molecule has 3 rings (SSSR count). The van der Waals surface area contributed by atoms with E-state index in [1.54, 1.807) is 0 Å². The Bertz CT molecular complexity index is 680. The molecule has 24 heavy (non-hydrogen) atoms. The summed E-state index contributed by atoms with van der Waals surface area (Å²) in [6.07, 6.45) is 5.68. The lowest BCUT2D eigenvalue weighted by molar-refractivity contribution is -0.140. The Morgan fingerprint density at radius 1 is 1.33 bits per heavy atom. The molecule has 6 nitrogen and oxygen atoms in total. The van der Waals surface area contributed by atoms with Crippen LogP contribution in [0.2, 0.25) is 0 Å². The zero-order valence-electron chi connectivity index (χ0n) is 14.0. The maximum absolute atomic E-state index is 11.0. The first-order valence-corrected chi connectivity index (χ1v) is 8.51. The first kappa shape index (κ1) is 16.5. The number of ether oxygens (including phenoxy) is 1. The monoisotopic (exact) mass is 329 g/mol. The third kappa shape index (κ3) is 4.57. The largest absolute Gasteiger partial charge is 0.469 e. The first-order chi connectivity index (χ1) is 11.8. The third-order valence-electron chi connectivity index (χ3n) is 4.11. The van der Waals surface area contributed by atoms with Crippen molar-refractivity contribution in [3.05, 3.63) is 30.1 Å². The van der Waals surface area contributed by atoms with Gasteiger partial charge in [0.2, 0.25) is 0 Å². The molecule has 0 unspecified atom stereocenters. The van der Waals surface area contributed by atoms with Gasteiger partial charge >= 0.3 is 5.97 Å². The topological polar surface area (TPSA) is 77.2 Å². The molecule has 0 radical (unpaired) electrons. The van der Waals surface area contributed by atoms with E-state index in [4.69, 9.17) is 4.52 Å². The molecule has 1 heterocycles. The second kappa shape index (κ2) is 7.95. The number of carbonyl (C=O) groups excluding carboxylic acids is 1. The first-order valence-electron chi connectivity index (χ1n) is 8.51. The average molecular weight is 329 g/mol. The van der Waals surface area contributed by atoms with Gasteiger partial charge in [0, 0.05) is 30.1 Å². The number of methoxy groups -OCH3 is 1. The molecule has 0 amide bonds. The van der Waals surface area contributed by atoms with E-state index in [1.807, 2.05) is 24.3 Å². The number of nitrogens with zero attached hydrogens (tertiary/aromatic N) is 2. The molecule has 1 fully saturated rings. The summed E-state index contributed by atoms with van der Waals surface area (Å²) in [5, 5.41) is 7.45. The van der Waals surface area contributed by atoms with Crippen molar-refractivity contribution < 1.29 is 14.1 Å². The van der Waals surface area contributed by atoms with Crippen LogP contribution in [0.25, 0.3) is 11.5 Å². The van der Waals surface area contributed by atoms with Crippen LogP contribution in [0.3, 0.4) is 0 Å². The Balaban J connectivity index is 1.45. The van der Waals surface area contributed by atoms with E-state index in [1.165, 1.54) is 7.11 Å². The molecule has 1 N–H and O–H groups in total. The second-order valence-corrected chi connectivity index (χ2v) is 6.13. The van der Waals surface area contributed by atoms with Gasteiger partial charge in [-0.05, 0) is 43.9 Å². The minimum atomic E-state index is -0.138. The van der Waals surface area contributed by atoms with Crippen molar-refractivity contribution in [1.82, 2.24) is 10.1 Å². The highest BCUT2D eigenvalue weighted by Crippen LogP contribution is 2.38. The molecule has 1 saturated carbocycles. The van der Waals surface area contributed by atoms with Crippen molar-refractivity contribution in [3.8, 4) is 11.5 Å². The minimum absolute atomic E-state index is 0.138. The fourth-order valence-corrected chi connectivity index (χ4v) is 2.53. The summed E-state index contributed by atoms with van der Waals surface area (Å²) in [6, 6.07) is 8.01. The lowest BCUT2D eigenvalue weighted by atomic mass is 10.1. The van der Waals surface area contributed by atoms with E-state index >= 15 is 0 Å². The van der Waals surface area contributed by atoms with Gasteiger partial charge in [0.15, 0.2) is 5.82 Å². The minimum Gasteiger partial charge on any atom is -0.469 e. The van der Waals surface area contributed by atoms with E-state index in [-0.39, 0.29) is 5.97 Å². The summed E-state index contributed by atoms with van der Waals surface area (Å²) in [5.41, 5.74) is 1.97. The molecular formula is C18H23N3O3. The zero-order chi connectivity index (χ0) is 16.8. The number of anilines is 1. The van der Waals surface area contributed by atoms with Gasteiger partial charge in [-0.2, -0.15) is 4.98 Å². The van der Waals surface area contributed by atoms with Crippen LogP contribution < -0.4 is 5.32 Å². The maximum atomic E-state index is 11.0. The van der Waals surface area contributed by atoms with Gasteiger partial charge in [-0.25, -0.2) is 0 Å². The summed E-state index contributed by atoms with van der Waals surface area (Å²) in [5.74, 6) is 1.77. The van der Waals surface area contributed by atoms with E-state index < -0.39 is 0 Å². The summed E-state index contributed by atoms with van der Waals surface area (Å²) < 4.78 is 9.99. The van der Waals surface area contributed by atoms with Crippen molar-refractivity contribution in [2.24, 2.45) is 0 Å². The SMILES string of the molecule is COC(=O)CCCCCNc1cccc(-c2nc(C3CC3)no2)c1. The van der Waals surface area contributed by atoms with Gasteiger partial charge < -0.3 is 14.6 Å². The number of nitrogens with one attached hydrogen (secondary N) is 1. The van der Waals surface area contributed by atoms with Crippen LogP contribution in [-0.2, 0) is 9.53 Å². The number of hydrogen-bond donors (Lipinski definition) is 1. The van der Waals surface area contributed by atoms with Crippen LogP contribution in [0.1, 0.15) is 50.3 Å². The molecule has 6 heteroatoms. The van der Waals surface area contributed by atoms with Crippen LogP contribution >= 0.6 is 0 Å². The smallest absolute Gasteiger partial charge is 0.305 e. The fraction of sp³-hybridized carbons (Fsp3) is 0.500. The van der Waals surface area contributed by atoms with Crippen LogP contribution in [0.5, 0.6) is 0 Å². The van der Waals surface area contributed by atoms with E-state index in [0.717, 1.165) is 55.7 Å². The van der Waals surface area contributed by atoms with Gasteiger partial charge in [-0.3, -0.25) is 4.79 Å². The van der Waals surface area contributed by atoms with Crippen LogP contribution in [-0.4, -0.2) is 29.8 Å². The number of esters is 1. The van der Waals surface area contributed by atoms with E-state index in [9.17, 15) is 4.79 Å². The quantitative estimate of drug-likeness (QED) is 0.557. The number of hydrogen-bond acceptors (Lipinski definition) is 6. The van der Waals surface area contributed by atoms with Gasteiger partial charge in [-0.15, -0.1) is 0 Å². The van der Waals surface area contributed by atoms with Crippen molar-refractivity contribution in [3.63, 3.8) is 0 Å². The Hall–Kier alpha value is -2.37. The van der Waals surface area contributed by atoms with Crippen LogP contribution in [0.15, 0.2) is 28.8 Å². The highest BCUT2D eigenvalue weighted by atomic mass is 16.5. The highest BCUT2D eigenvalue weighted by molar-refractivity contribution is 5.69.